The zero-order valence-electron chi connectivity index (χ0n) is 28.5. The molecule has 0 spiro atoms. The molecule has 0 N–H and O–H groups in total. The lowest BCUT2D eigenvalue weighted by molar-refractivity contribution is 0.0214. The topological polar surface area (TPSA) is 59.1 Å². The van der Waals surface area contributed by atoms with E-state index in [1.54, 1.807) is 9.80 Å². The largest absolute Gasteiger partial charge is 0.444 e. The molecule has 4 aromatic rings. The van der Waals surface area contributed by atoms with Gasteiger partial charge in [-0.1, -0.05) is 96.0 Å². The van der Waals surface area contributed by atoms with Crippen LogP contribution in [0.1, 0.15) is 63.8 Å². The standard InChI is InChI=1S/C40H42Cl2N2O4/c1-39(2,3)47-37(45)43-19-17-25-21-27(13-15-29(25)23-43)31-9-7-11-33(35(31)41)34-12-8-10-32(36(34)42)28-14-16-30-24-44(20-18-26(30)22-28)38(46)48-40(4,5)6/h7-16,21-22H,17-20,23-24H2,1-6H3. The number of carbonyl (C=O) groups is 2. The summed E-state index contributed by atoms with van der Waals surface area (Å²) in [7, 11) is 0. The minimum atomic E-state index is -0.529. The van der Waals surface area contributed by atoms with Crippen LogP contribution in [0.25, 0.3) is 33.4 Å². The zero-order valence-corrected chi connectivity index (χ0v) is 30.0. The predicted molar refractivity (Wildman–Crippen MR) is 193 cm³/mol. The number of hydrogen-bond acceptors (Lipinski definition) is 4. The Morgan fingerprint density at radius 3 is 1.31 bits per heavy atom. The minimum Gasteiger partial charge on any atom is -0.444 e. The van der Waals surface area contributed by atoms with E-state index in [1.165, 1.54) is 11.1 Å². The average Bonchev–Trinajstić information content (AvgIpc) is 3.02. The van der Waals surface area contributed by atoms with Gasteiger partial charge in [-0.3, -0.25) is 0 Å². The molecule has 0 saturated carbocycles. The molecule has 8 heteroatoms. The molecular formula is C40H42Cl2N2O4. The van der Waals surface area contributed by atoms with Crippen molar-refractivity contribution in [1.29, 1.82) is 0 Å². The van der Waals surface area contributed by atoms with Crippen molar-refractivity contribution in [3.8, 4) is 33.4 Å². The highest BCUT2D eigenvalue weighted by molar-refractivity contribution is 6.39. The second-order valence-corrected chi connectivity index (χ2v) is 15.4. The molecule has 6 nitrogen and oxygen atoms in total. The van der Waals surface area contributed by atoms with Crippen LogP contribution in [0.2, 0.25) is 10.0 Å². The van der Waals surface area contributed by atoms with E-state index in [9.17, 15) is 9.59 Å². The van der Waals surface area contributed by atoms with Crippen LogP contribution in [0.4, 0.5) is 9.59 Å². The molecule has 4 aromatic carbocycles. The van der Waals surface area contributed by atoms with Crippen LogP contribution < -0.4 is 0 Å². The molecule has 0 unspecified atom stereocenters. The molecule has 0 fully saturated rings. The Morgan fingerprint density at radius 2 is 0.938 bits per heavy atom. The van der Waals surface area contributed by atoms with Crippen molar-refractivity contribution in [2.45, 2.75) is 78.7 Å². The normalized spacial score (nSPS) is 14.7. The molecule has 0 saturated heterocycles. The number of carbonyl (C=O) groups excluding carboxylic acids is 2. The number of hydrogen-bond donors (Lipinski definition) is 0. The summed E-state index contributed by atoms with van der Waals surface area (Å²) in [4.78, 5) is 28.9. The lowest BCUT2D eigenvalue weighted by Crippen LogP contribution is -2.39. The molecular weight excluding hydrogens is 643 g/mol. The van der Waals surface area contributed by atoms with Crippen molar-refractivity contribution in [3.63, 3.8) is 0 Å². The molecule has 0 atom stereocenters. The first-order chi connectivity index (χ1) is 22.7. The number of fused-ring (bicyclic) bond motifs is 2. The molecule has 0 radical (unpaired) electrons. The van der Waals surface area contributed by atoms with Gasteiger partial charge in [-0.2, -0.15) is 0 Å². The SMILES string of the molecule is CC(C)(C)OC(=O)N1CCc2cc(-c3cccc(-c4cccc(-c5ccc6c(c5)CCN(C(=O)OC(C)(C)C)C6)c4Cl)c3Cl)ccc2C1. The van der Waals surface area contributed by atoms with E-state index in [1.807, 2.05) is 77.9 Å². The van der Waals surface area contributed by atoms with Crippen molar-refractivity contribution in [1.82, 2.24) is 9.80 Å². The van der Waals surface area contributed by atoms with E-state index in [-0.39, 0.29) is 12.2 Å². The van der Waals surface area contributed by atoms with Crippen LogP contribution in [0.15, 0.2) is 72.8 Å². The summed E-state index contributed by atoms with van der Waals surface area (Å²) < 4.78 is 11.2. The molecule has 0 aliphatic carbocycles. The third-order valence-electron chi connectivity index (χ3n) is 8.65. The molecule has 2 aliphatic rings. The van der Waals surface area contributed by atoms with Crippen LogP contribution in [-0.2, 0) is 35.4 Å². The van der Waals surface area contributed by atoms with Gasteiger partial charge >= 0.3 is 12.2 Å². The van der Waals surface area contributed by atoms with Crippen molar-refractivity contribution < 1.29 is 19.1 Å². The Hall–Kier alpha value is -4.00. The van der Waals surface area contributed by atoms with E-state index in [0.717, 1.165) is 57.3 Å². The summed E-state index contributed by atoms with van der Waals surface area (Å²) in [5.74, 6) is 0. The van der Waals surface area contributed by atoms with E-state index in [4.69, 9.17) is 32.7 Å². The maximum Gasteiger partial charge on any atom is 0.410 e. The minimum absolute atomic E-state index is 0.285. The summed E-state index contributed by atoms with van der Waals surface area (Å²) in [6.45, 7) is 13.5. The van der Waals surface area contributed by atoms with Crippen LogP contribution in [-0.4, -0.2) is 46.3 Å². The van der Waals surface area contributed by atoms with Crippen molar-refractivity contribution in [2.75, 3.05) is 13.1 Å². The van der Waals surface area contributed by atoms with Crippen molar-refractivity contribution in [3.05, 3.63) is 105 Å². The third kappa shape index (κ3) is 7.35. The lowest BCUT2D eigenvalue weighted by atomic mass is 9.91. The molecule has 2 aliphatic heterocycles. The van der Waals surface area contributed by atoms with Crippen molar-refractivity contribution >= 4 is 35.4 Å². The number of halogens is 2. The van der Waals surface area contributed by atoms with Gasteiger partial charge in [0.25, 0.3) is 0 Å². The second kappa shape index (κ2) is 13.1. The van der Waals surface area contributed by atoms with E-state index in [0.29, 0.717) is 36.2 Å². The molecule has 6 rings (SSSR count). The molecule has 2 amide bonds. The van der Waals surface area contributed by atoms with Crippen LogP contribution in [0, 0.1) is 0 Å². The van der Waals surface area contributed by atoms with E-state index in [2.05, 4.69) is 36.4 Å². The molecule has 250 valence electrons. The van der Waals surface area contributed by atoms with E-state index >= 15 is 0 Å². The first-order valence-corrected chi connectivity index (χ1v) is 17.2. The number of nitrogens with zero attached hydrogens (tertiary/aromatic N) is 2. The van der Waals surface area contributed by atoms with Gasteiger partial charge in [0, 0.05) is 48.4 Å². The maximum absolute atomic E-state index is 12.7. The van der Waals surface area contributed by atoms with Gasteiger partial charge in [0.1, 0.15) is 11.2 Å². The highest BCUT2D eigenvalue weighted by atomic mass is 35.5. The summed E-state index contributed by atoms with van der Waals surface area (Å²) in [6, 6.07) is 24.8. The Bertz CT molecular complexity index is 1750. The van der Waals surface area contributed by atoms with Crippen LogP contribution in [0.3, 0.4) is 0 Å². The fourth-order valence-corrected chi connectivity index (χ4v) is 7.01. The zero-order chi connectivity index (χ0) is 34.4. The van der Waals surface area contributed by atoms with Gasteiger partial charge in [0.2, 0.25) is 0 Å². The quantitative estimate of drug-likeness (QED) is 0.215. The Kier molecular flexibility index (Phi) is 9.27. The number of amides is 2. The first-order valence-electron chi connectivity index (χ1n) is 16.4. The summed E-state index contributed by atoms with van der Waals surface area (Å²) in [5.41, 5.74) is 9.20. The summed E-state index contributed by atoms with van der Waals surface area (Å²) >= 11 is 14.3. The lowest BCUT2D eigenvalue weighted by Gasteiger charge is -2.31. The van der Waals surface area contributed by atoms with Gasteiger partial charge in [0.05, 0.1) is 10.0 Å². The fourth-order valence-electron chi connectivity index (χ4n) is 6.33. The smallest absolute Gasteiger partial charge is 0.410 e. The highest BCUT2D eigenvalue weighted by Gasteiger charge is 2.28. The summed E-state index contributed by atoms with van der Waals surface area (Å²) in [6.07, 6.45) is 0.917. The Morgan fingerprint density at radius 1 is 0.562 bits per heavy atom. The molecule has 0 aromatic heterocycles. The van der Waals surface area contributed by atoms with Crippen LogP contribution >= 0.6 is 23.2 Å². The Labute approximate surface area is 293 Å². The van der Waals surface area contributed by atoms with Gasteiger partial charge in [-0.25, -0.2) is 9.59 Å². The number of rotatable bonds is 3. The Balaban J connectivity index is 1.24. The fraction of sp³-hybridized carbons (Fsp3) is 0.350. The van der Waals surface area contributed by atoms with Gasteiger partial charge in [0.15, 0.2) is 0 Å². The number of ether oxygens (including phenoxy) is 2. The van der Waals surface area contributed by atoms with Gasteiger partial charge in [-0.05, 0) is 87.8 Å². The molecule has 48 heavy (non-hydrogen) atoms. The molecule has 0 bridgehead atoms. The van der Waals surface area contributed by atoms with Gasteiger partial charge in [-0.15, -0.1) is 0 Å². The third-order valence-corrected chi connectivity index (χ3v) is 9.46. The maximum atomic E-state index is 12.7. The molecule has 2 heterocycles. The first kappa shape index (κ1) is 33.9. The average molecular weight is 686 g/mol. The van der Waals surface area contributed by atoms with E-state index < -0.39 is 11.2 Å². The van der Waals surface area contributed by atoms with Crippen molar-refractivity contribution in [2.24, 2.45) is 0 Å². The number of benzene rings is 4. The summed E-state index contributed by atoms with van der Waals surface area (Å²) in [5, 5.41) is 1.27. The predicted octanol–water partition coefficient (Wildman–Crippen LogP) is 10.6. The second-order valence-electron chi connectivity index (χ2n) is 14.6. The van der Waals surface area contributed by atoms with Gasteiger partial charge < -0.3 is 19.3 Å². The monoisotopic (exact) mass is 684 g/mol. The van der Waals surface area contributed by atoms with Crippen LogP contribution in [0.5, 0.6) is 0 Å². The highest BCUT2D eigenvalue weighted by Crippen LogP contribution is 2.43.